The van der Waals surface area contributed by atoms with Crippen LogP contribution in [0, 0.1) is 11.8 Å². The number of methoxy groups -OCH3 is 2. The first-order valence-electron chi connectivity index (χ1n) is 18.0. The van der Waals surface area contributed by atoms with Gasteiger partial charge < -0.3 is 31.6 Å². The third-order valence-corrected chi connectivity index (χ3v) is 8.87. The lowest BCUT2D eigenvalue weighted by Crippen LogP contribution is -2.14. The Bertz CT molecular complexity index is 2590. The van der Waals surface area contributed by atoms with Crippen molar-refractivity contribution < 1.29 is 19.1 Å². The van der Waals surface area contributed by atoms with E-state index in [4.69, 9.17) is 20.9 Å². The van der Waals surface area contributed by atoms with Crippen LogP contribution in [0.2, 0.25) is 0 Å². The fraction of sp³-hybridized carbons (Fsp3) is 0.214. The van der Waals surface area contributed by atoms with E-state index < -0.39 is 0 Å². The molecule has 2 amide bonds. The summed E-state index contributed by atoms with van der Waals surface area (Å²) in [6.07, 6.45) is 6.12. The van der Waals surface area contributed by atoms with Crippen LogP contribution in [0.1, 0.15) is 88.3 Å². The van der Waals surface area contributed by atoms with Crippen LogP contribution in [0.5, 0.6) is 5.75 Å². The number of carbonyl (C=O) groups is 2. The van der Waals surface area contributed by atoms with Crippen LogP contribution in [0.25, 0.3) is 11.0 Å². The number of amides is 2. The van der Waals surface area contributed by atoms with E-state index in [1.165, 1.54) is 12.7 Å². The number of nitrogens with two attached hydrogens (primary N) is 2. The largest absolute Gasteiger partial charge is 0.497 e. The molecule has 7 rings (SSSR count). The molecule has 0 atom stereocenters. The summed E-state index contributed by atoms with van der Waals surface area (Å²) < 4.78 is 13.6. The molecule has 2 aromatic carbocycles. The van der Waals surface area contributed by atoms with E-state index >= 15 is 0 Å². The van der Waals surface area contributed by atoms with Gasteiger partial charge in [-0.15, -0.1) is 0 Å². The lowest BCUT2D eigenvalue weighted by molar-refractivity contribution is 0.102. The van der Waals surface area contributed by atoms with Crippen molar-refractivity contribution in [1.29, 1.82) is 0 Å². The number of nitrogens with one attached hydrogen (secondary N) is 2. The van der Waals surface area contributed by atoms with Crippen molar-refractivity contribution in [2.75, 3.05) is 36.3 Å². The topological polar surface area (TPSA) is 202 Å². The smallest absolute Gasteiger partial charge is 0.259 e. The Labute approximate surface area is 329 Å². The Morgan fingerprint density at radius 3 is 2.02 bits per heavy atom. The van der Waals surface area contributed by atoms with Crippen LogP contribution >= 0.6 is 0 Å². The molecule has 5 aromatic heterocycles. The average Bonchev–Trinajstić information content (AvgIpc) is 3.78. The molecular weight excluding hydrogens is 723 g/mol. The van der Waals surface area contributed by atoms with E-state index in [1.54, 1.807) is 59.9 Å². The molecule has 0 aliphatic heterocycles. The van der Waals surface area contributed by atoms with Crippen molar-refractivity contribution >= 4 is 45.9 Å². The molecule has 0 bridgehead atoms. The zero-order valence-electron chi connectivity index (χ0n) is 32.4. The van der Waals surface area contributed by atoms with E-state index in [0.29, 0.717) is 45.7 Å². The fourth-order valence-corrected chi connectivity index (χ4v) is 6.18. The SMILES string of the molecule is COCc1ccc(NC(=O)c2c(C#Cc3cccnc3)c(C(C)C)n3ncnc(N)c23)cc1.COc1ccc(NC(=O)c2cc(C(C)C)n3ncnc(N)c23)cc1. The predicted octanol–water partition coefficient (Wildman–Crippen LogP) is 6.32. The molecule has 0 saturated carbocycles. The normalized spacial score (nSPS) is 10.9. The second kappa shape index (κ2) is 17.4. The number of nitrogens with zero attached hydrogens (tertiary/aromatic N) is 7. The zero-order chi connectivity index (χ0) is 40.6. The molecular formula is C42H43N11O4. The first kappa shape index (κ1) is 39.4. The summed E-state index contributed by atoms with van der Waals surface area (Å²) in [5, 5.41) is 14.4. The van der Waals surface area contributed by atoms with Gasteiger partial charge in [0.15, 0.2) is 11.6 Å². The summed E-state index contributed by atoms with van der Waals surface area (Å²) in [4.78, 5) is 38.4. The number of hydrogen-bond donors (Lipinski definition) is 4. The van der Waals surface area contributed by atoms with Gasteiger partial charge in [0.2, 0.25) is 0 Å². The molecule has 0 aliphatic carbocycles. The Morgan fingerprint density at radius 2 is 1.42 bits per heavy atom. The summed E-state index contributed by atoms with van der Waals surface area (Å²) in [5.74, 6) is 7.12. The first-order valence-corrected chi connectivity index (χ1v) is 18.0. The molecule has 0 radical (unpaired) electrons. The highest BCUT2D eigenvalue weighted by Gasteiger charge is 2.27. The molecule has 0 unspecified atom stereocenters. The van der Waals surface area contributed by atoms with Crippen molar-refractivity contribution in [2.24, 2.45) is 0 Å². The second-order valence-electron chi connectivity index (χ2n) is 13.5. The van der Waals surface area contributed by atoms with Crippen LogP contribution in [0.3, 0.4) is 0 Å². The van der Waals surface area contributed by atoms with Crippen LogP contribution in [-0.2, 0) is 11.3 Å². The van der Waals surface area contributed by atoms with Crippen LogP contribution < -0.4 is 26.8 Å². The molecule has 7 aromatic rings. The molecule has 5 heterocycles. The minimum atomic E-state index is -0.337. The maximum absolute atomic E-state index is 13.5. The number of nitrogen functional groups attached to an aromatic ring is 2. The second-order valence-corrected chi connectivity index (χ2v) is 13.5. The van der Waals surface area contributed by atoms with Gasteiger partial charge in [-0.2, -0.15) is 10.2 Å². The van der Waals surface area contributed by atoms with E-state index in [-0.39, 0.29) is 35.3 Å². The minimum Gasteiger partial charge on any atom is -0.497 e. The maximum Gasteiger partial charge on any atom is 0.259 e. The van der Waals surface area contributed by atoms with Crippen molar-refractivity contribution in [1.82, 2.24) is 34.2 Å². The molecule has 0 aliphatic rings. The highest BCUT2D eigenvalue weighted by atomic mass is 16.5. The van der Waals surface area contributed by atoms with Gasteiger partial charge in [-0.1, -0.05) is 51.7 Å². The molecule has 57 heavy (non-hydrogen) atoms. The summed E-state index contributed by atoms with van der Waals surface area (Å²) in [6, 6.07) is 20.1. The minimum absolute atomic E-state index is 0.0277. The van der Waals surface area contributed by atoms with Gasteiger partial charge in [0.1, 0.15) is 29.4 Å². The number of aromatic nitrogens is 7. The average molecular weight is 766 g/mol. The Balaban J connectivity index is 0.000000203. The lowest BCUT2D eigenvalue weighted by atomic mass is 10.0. The van der Waals surface area contributed by atoms with Crippen LogP contribution in [0.15, 0.2) is 91.8 Å². The Kier molecular flexibility index (Phi) is 12.0. The van der Waals surface area contributed by atoms with Crippen molar-refractivity contribution in [3.05, 3.63) is 131 Å². The number of anilines is 4. The quantitative estimate of drug-likeness (QED) is 0.120. The summed E-state index contributed by atoms with van der Waals surface area (Å²) in [6.45, 7) is 8.60. The number of rotatable bonds is 9. The van der Waals surface area contributed by atoms with E-state index in [2.05, 4.69) is 47.6 Å². The fourth-order valence-electron chi connectivity index (χ4n) is 6.18. The number of hydrogen-bond acceptors (Lipinski definition) is 11. The molecule has 6 N–H and O–H groups in total. The highest BCUT2D eigenvalue weighted by molar-refractivity contribution is 6.13. The number of fused-ring (bicyclic) bond motifs is 2. The van der Waals surface area contributed by atoms with Crippen molar-refractivity contribution in [2.45, 2.75) is 46.1 Å². The standard InChI is InChI=1S/C25H24N6O2.C17H19N5O2/c1-16(2)22-20(11-8-17-5-4-12-27-13-17)21(23-24(26)28-15-29-31(22)23)25(32)30-19-9-6-18(7-10-19)14-33-3;1-10(2)14-8-13(15-16(18)19-9-20-22(14)15)17(23)21-11-4-6-12(24-3)7-5-11/h4-7,9-10,12-13,15-16H,14H2,1-3H3,(H,30,32)(H2,26,28,29);4-10H,1-3H3,(H,21,23)(H2,18,19,20). The molecule has 0 fully saturated rings. The highest BCUT2D eigenvalue weighted by Crippen LogP contribution is 2.31. The molecule has 0 spiro atoms. The van der Waals surface area contributed by atoms with Crippen molar-refractivity contribution in [3.8, 4) is 17.6 Å². The first-order chi connectivity index (χ1) is 27.5. The number of carbonyl (C=O) groups excluding carboxylic acids is 2. The van der Waals surface area contributed by atoms with Gasteiger partial charge in [-0.05, 0) is 72.0 Å². The third kappa shape index (κ3) is 8.66. The van der Waals surface area contributed by atoms with Crippen LogP contribution in [-0.4, -0.2) is 60.2 Å². The van der Waals surface area contributed by atoms with Gasteiger partial charge in [0.05, 0.1) is 36.1 Å². The lowest BCUT2D eigenvalue weighted by Gasteiger charge is -2.07. The summed E-state index contributed by atoms with van der Waals surface area (Å²) in [7, 11) is 3.23. The van der Waals surface area contributed by atoms with E-state index in [1.807, 2.05) is 70.2 Å². The van der Waals surface area contributed by atoms with Gasteiger partial charge in [0.25, 0.3) is 11.8 Å². The van der Waals surface area contributed by atoms with E-state index in [0.717, 1.165) is 28.3 Å². The zero-order valence-corrected chi connectivity index (χ0v) is 32.4. The molecule has 15 nitrogen and oxygen atoms in total. The van der Waals surface area contributed by atoms with E-state index in [9.17, 15) is 9.59 Å². The van der Waals surface area contributed by atoms with Gasteiger partial charge in [0, 0.05) is 42.1 Å². The predicted molar refractivity (Wildman–Crippen MR) is 219 cm³/mol. The Hall–Kier alpha value is -7.31. The third-order valence-electron chi connectivity index (χ3n) is 8.87. The van der Waals surface area contributed by atoms with Gasteiger partial charge in [-0.3, -0.25) is 14.6 Å². The number of benzene rings is 2. The molecule has 15 heteroatoms. The number of ether oxygens (including phenoxy) is 2. The maximum atomic E-state index is 13.5. The number of pyridine rings is 1. The molecule has 290 valence electrons. The summed E-state index contributed by atoms with van der Waals surface area (Å²) in [5.41, 5.74) is 19.2. The summed E-state index contributed by atoms with van der Waals surface area (Å²) >= 11 is 0. The van der Waals surface area contributed by atoms with Crippen molar-refractivity contribution in [3.63, 3.8) is 0 Å². The van der Waals surface area contributed by atoms with Crippen LogP contribution in [0.4, 0.5) is 23.0 Å². The van der Waals surface area contributed by atoms with Gasteiger partial charge in [-0.25, -0.2) is 19.0 Å². The molecule has 0 saturated heterocycles. The monoisotopic (exact) mass is 765 g/mol. The van der Waals surface area contributed by atoms with Gasteiger partial charge >= 0.3 is 0 Å². The Morgan fingerprint density at radius 1 is 0.789 bits per heavy atom.